The maximum atomic E-state index is 12.9. The highest BCUT2D eigenvalue weighted by molar-refractivity contribution is 5.79. The number of aryl methyl sites for hydroxylation is 1. The second-order valence-corrected chi connectivity index (χ2v) is 8.72. The average molecular weight is 413 g/mol. The SMILES string of the molecule is Cc1noc(-c2ccc(O[C@H]3CC[C@H](C(=O)N4CCN(C(C)C)CC4)CC3)cc2)n1. The molecule has 1 amide bonds. The number of nitrogens with zero attached hydrogens (tertiary/aromatic N) is 4. The molecule has 162 valence electrons. The van der Waals surface area contributed by atoms with Crippen LogP contribution in [0.1, 0.15) is 45.4 Å². The fourth-order valence-corrected chi connectivity index (χ4v) is 4.43. The summed E-state index contributed by atoms with van der Waals surface area (Å²) in [5.74, 6) is 2.48. The van der Waals surface area contributed by atoms with Crippen LogP contribution in [0, 0.1) is 12.8 Å². The van der Waals surface area contributed by atoms with Crippen molar-refractivity contribution in [1.82, 2.24) is 19.9 Å². The summed E-state index contributed by atoms with van der Waals surface area (Å²) in [5, 5.41) is 3.82. The Balaban J connectivity index is 1.24. The van der Waals surface area contributed by atoms with Gasteiger partial charge in [0.2, 0.25) is 5.91 Å². The van der Waals surface area contributed by atoms with Gasteiger partial charge in [-0.3, -0.25) is 9.69 Å². The van der Waals surface area contributed by atoms with E-state index < -0.39 is 0 Å². The molecule has 2 heterocycles. The summed E-state index contributed by atoms with van der Waals surface area (Å²) in [7, 11) is 0. The van der Waals surface area contributed by atoms with Crippen molar-refractivity contribution in [1.29, 1.82) is 0 Å². The van der Waals surface area contributed by atoms with Gasteiger partial charge in [-0.1, -0.05) is 5.16 Å². The minimum atomic E-state index is 0.151. The van der Waals surface area contributed by atoms with E-state index in [0.717, 1.165) is 63.2 Å². The fraction of sp³-hybridized carbons (Fsp3) is 0.609. The van der Waals surface area contributed by atoms with Crippen LogP contribution in [0.5, 0.6) is 5.75 Å². The first-order valence-electron chi connectivity index (χ1n) is 11.1. The highest BCUT2D eigenvalue weighted by Crippen LogP contribution is 2.30. The molecule has 4 rings (SSSR count). The van der Waals surface area contributed by atoms with Gasteiger partial charge in [0.05, 0.1) is 6.10 Å². The fourth-order valence-electron chi connectivity index (χ4n) is 4.43. The highest BCUT2D eigenvalue weighted by Gasteiger charge is 2.32. The molecule has 2 aromatic rings. The van der Waals surface area contributed by atoms with Gasteiger partial charge in [-0.05, 0) is 70.7 Å². The minimum Gasteiger partial charge on any atom is -0.490 e. The van der Waals surface area contributed by atoms with E-state index in [1.807, 2.05) is 24.3 Å². The van der Waals surface area contributed by atoms with Crippen molar-refractivity contribution in [2.75, 3.05) is 26.2 Å². The molecule has 1 aliphatic heterocycles. The van der Waals surface area contributed by atoms with Gasteiger partial charge in [-0.15, -0.1) is 0 Å². The van der Waals surface area contributed by atoms with E-state index in [9.17, 15) is 4.79 Å². The molecule has 1 aliphatic carbocycles. The quantitative estimate of drug-likeness (QED) is 0.748. The van der Waals surface area contributed by atoms with Crippen LogP contribution >= 0.6 is 0 Å². The van der Waals surface area contributed by atoms with Gasteiger partial charge in [0.1, 0.15) is 5.75 Å². The van der Waals surface area contributed by atoms with Gasteiger partial charge in [0, 0.05) is 43.7 Å². The van der Waals surface area contributed by atoms with Crippen molar-refractivity contribution in [3.05, 3.63) is 30.1 Å². The van der Waals surface area contributed by atoms with Crippen LogP contribution < -0.4 is 4.74 Å². The number of piperazine rings is 1. The zero-order valence-corrected chi connectivity index (χ0v) is 18.2. The Bertz CT molecular complexity index is 832. The van der Waals surface area contributed by atoms with Gasteiger partial charge in [0.15, 0.2) is 5.82 Å². The third kappa shape index (κ3) is 4.83. The molecular weight excluding hydrogens is 380 g/mol. The third-order valence-corrected chi connectivity index (χ3v) is 6.31. The molecule has 0 atom stereocenters. The lowest BCUT2D eigenvalue weighted by molar-refractivity contribution is -0.139. The lowest BCUT2D eigenvalue weighted by atomic mass is 9.86. The van der Waals surface area contributed by atoms with E-state index in [0.29, 0.717) is 23.7 Å². The Morgan fingerprint density at radius 1 is 1.07 bits per heavy atom. The topological polar surface area (TPSA) is 71.7 Å². The molecule has 7 heteroatoms. The number of amides is 1. The van der Waals surface area contributed by atoms with Gasteiger partial charge in [-0.25, -0.2) is 0 Å². The van der Waals surface area contributed by atoms with Gasteiger partial charge < -0.3 is 14.2 Å². The summed E-state index contributed by atoms with van der Waals surface area (Å²) in [5.41, 5.74) is 0.884. The summed E-state index contributed by atoms with van der Waals surface area (Å²) in [4.78, 5) is 21.7. The molecule has 0 bridgehead atoms. The monoisotopic (exact) mass is 412 g/mol. The van der Waals surface area contributed by atoms with Crippen LogP contribution in [0.15, 0.2) is 28.8 Å². The molecule has 0 radical (unpaired) electrons. The molecule has 0 N–H and O–H groups in total. The smallest absolute Gasteiger partial charge is 0.257 e. The van der Waals surface area contributed by atoms with Crippen molar-refractivity contribution in [2.24, 2.45) is 5.92 Å². The molecule has 30 heavy (non-hydrogen) atoms. The van der Waals surface area contributed by atoms with Crippen LogP contribution in [0.2, 0.25) is 0 Å². The molecule has 1 aromatic carbocycles. The zero-order valence-electron chi connectivity index (χ0n) is 18.2. The average Bonchev–Trinajstić information content (AvgIpc) is 3.21. The van der Waals surface area contributed by atoms with E-state index in [4.69, 9.17) is 9.26 Å². The van der Waals surface area contributed by atoms with E-state index in [2.05, 4.69) is 33.8 Å². The molecular formula is C23H32N4O3. The van der Waals surface area contributed by atoms with Crippen LogP contribution in [0.4, 0.5) is 0 Å². The van der Waals surface area contributed by atoms with Gasteiger partial charge in [0.25, 0.3) is 5.89 Å². The number of benzene rings is 1. The number of hydrogen-bond donors (Lipinski definition) is 0. The molecule has 7 nitrogen and oxygen atoms in total. The predicted molar refractivity (Wildman–Crippen MR) is 114 cm³/mol. The molecule has 2 aliphatic rings. The summed E-state index contributed by atoms with van der Waals surface area (Å²) >= 11 is 0. The molecule has 1 aromatic heterocycles. The number of ether oxygens (including phenoxy) is 1. The Kier molecular flexibility index (Phi) is 6.37. The summed E-state index contributed by atoms with van der Waals surface area (Å²) in [6, 6.07) is 8.32. The minimum absolute atomic E-state index is 0.151. The second kappa shape index (κ2) is 9.16. The van der Waals surface area contributed by atoms with Crippen LogP contribution in [0.3, 0.4) is 0 Å². The summed E-state index contributed by atoms with van der Waals surface area (Å²) in [6.07, 6.45) is 3.84. The maximum Gasteiger partial charge on any atom is 0.257 e. The number of carbonyl (C=O) groups excluding carboxylic acids is 1. The Morgan fingerprint density at radius 2 is 1.73 bits per heavy atom. The third-order valence-electron chi connectivity index (χ3n) is 6.31. The first kappa shape index (κ1) is 20.8. The van der Waals surface area contributed by atoms with Crippen LogP contribution in [-0.4, -0.2) is 64.2 Å². The number of hydrogen-bond acceptors (Lipinski definition) is 6. The Morgan fingerprint density at radius 3 is 2.30 bits per heavy atom. The van der Waals surface area contributed by atoms with Crippen molar-refractivity contribution < 1.29 is 14.1 Å². The van der Waals surface area contributed by atoms with Crippen molar-refractivity contribution in [3.63, 3.8) is 0 Å². The standard InChI is InChI=1S/C23H32N4O3/c1-16(2)26-12-14-27(15-13-26)23(28)19-6-10-21(11-7-19)29-20-8-4-18(5-9-20)22-24-17(3)25-30-22/h4-5,8-9,16,19,21H,6-7,10-15H2,1-3H3/t19-,21-. The number of carbonyl (C=O) groups is 1. The Hall–Kier alpha value is -2.41. The lowest BCUT2D eigenvalue weighted by Gasteiger charge is -2.39. The van der Waals surface area contributed by atoms with Crippen LogP contribution in [-0.2, 0) is 4.79 Å². The van der Waals surface area contributed by atoms with E-state index >= 15 is 0 Å². The summed E-state index contributed by atoms with van der Waals surface area (Å²) in [6.45, 7) is 9.94. The first-order chi connectivity index (χ1) is 14.5. The van der Waals surface area contributed by atoms with Gasteiger partial charge in [-0.2, -0.15) is 4.98 Å². The van der Waals surface area contributed by atoms with Crippen molar-refractivity contribution >= 4 is 5.91 Å². The normalized spacial score (nSPS) is 23.0. The maximum absolute atomic E-state index is 12.9. The molecule has 2 fully saturated rings. The predicted octanol–water partition coefficient (Wildman–Crippen LogP) is 3.54. The largest absolute Gasteiger partial charge is 0.490 e. The first-order valence-corrected chi connectivity index (χ1v) is 11.1. The lowest BCUT2D eigenvalue weighted by Crippen LogP contribution is -2.52. The van der Waals surface area contributed by atoms with Crippen molar-refractivity contribution in [3.8, 4) is 17.2 Å². The second-order valence-electron chi connectivity index (χ2n) is 8.72. The molecule has 1 saturated carbocycles. The van der Waals surface area contributed by atoms with E-state index in [1.165, 1.54) is 0 Å². The van der Waals surface area contributed by atoms with Crippen LogP contribution in [0.25, 0.3) is 11.5 Å². The highest BCUT2D eigenvalue weighted by atomic mass is 16.5. The molecule has 1 saturated heterocycles. The molecule has 0 spiro atoms. The number of aromatic nitrogens is 2. The van der Waals surface area contributed by atoms with E-state index in [1.54, 1.807) is 6.92 Å². The zero-order chi connectivity index (χ0) is 21.1. The van der Waals surface area contributed by atoms with Crippen molar-refractivity contribution in [2.45, 2.75) is 58.6 Å². The number of rotatable bonds is 5. The van der Waals surface area contributed by atoms with Gasteiger partial charge >= 0.3 is 0 Å². The summed E-state index contributed by atoms with van der Waals surface area (Å²) < 4.78 is 11.4. The molecule has 0 unspecified atom stereocenters. The van der Waals surface area contributed by atoms with E-state index in [-0.39, 0.29) is 12.0 Å². The Labute approximate surface area is 178 Å².